The summed E-state index contributed by atoms with van der Waals surface area (Å²) in [7, 11) is 0. The topological polar surface area (TPSA) is 61.7 Å². The van der Waals surface area contributed by atoms with E-state index < -0.39 is 0 Å². The third-order valence-electron chi connectivity index (χ3n) is 4.67. The first-order valence-corrected chi connectivity index (χ1v) is 11.5. The van der Waals surface area contributed by atoms with Gasteiger partial charge in [-0.05, 0) is 99.6 Å². The highest BCUT2D eigenvalue weighted by Crippen LogP contribution is 2.31. The molecule has 0 bridgehead atoms. The predicted molar refractivity (Wildman–Crippen MR) is 137 cm³/mol. The first-order valence-electron chi connectivity index (χ1n) is 9.38. The van der Waals surface area contributed by atoms with Gasteiger partial charge in [-0.3, -0.25) is 0 Å². The fourth-order valence-electron chi connectivity index (χ4n) is 3.14. The Morgan fingerprint density at radius 3 is 2.61 bits per heavy atom. The normalized spacial score (nSPS) is 11.5. The van der Waals surface area contributed by atoms with Gasteiger partial charge in [0.15, 0.2) is 0 Å². The molecule has 4 aromatic rings. The molecule has 0 atom stereocenters. The maximum atomic E-state index is 13.9. The summed E-state index contributed by atoms with van der Waals surface area (Å²) in [6.45, 7) is 2.16. The third-order valence-corrected chi connectivity index (χ3v) is 6.28. The molecule has 0 saturated heterocycles. The molecule has 0 aliphatic rings. The van der Waals surface area contributed by atoms with Gasteiger partial charge in [-0.25, -0.2) is 9.37 Å². The van der Waals surface area contributed by atoms with E-state index in [9.17, 15) is 9.65 Å². The molecule has 1 N–H and O–H groups in total. The van der Waals surface area contributed by atoms with E-state index in [0.29, 0.717) is 22.7 Å². The summed E-state index contributed by atoms with van der Waals surface area (Å²) < 4.78 is 21.5. The number of nitrogens with zero attached hydrogens (tertiary/aromatic N) is 2. The highest BCUT2D eigenvalue weighted by atomic mass is 127. The van der Waals surface area contributed by atoms with Gasteiger partial charge in [0.25, 0.3) is 0 Å². The Morgan fingerprint density at radius 2 is 1.90 bits per heavy atom. The highest BCUT2D eigenvalue weighted by molar-refractivity contribution is 14.1. The number of nitriles is 1. The second kappa shape index (κ2) is 9.36. The third kappa shape index (κ3) is 4.91. The van der Waals surface area contributed by atoms with Gasteiger partial charge < -0.3 is 9.72 Å². The first-order chi connectivity index (χ1) is 14.9. The van der Waals surface area contributed by atoms with E-state index in [1.165, 1.54) is 6.07 Å². The predicted octanol–water partition coefficient (Wildman–Crippen LogP) is 6.86. The number of fused-ring (bicyclic) bond motifs is 1. The van der Waals surface area contributed by atoms with Crippen molar-refractivity contribution in [2.45, 2.75) is 13.5 Å². The van der Waals surface area contributed by atoms with Crippen molar-refractivity contribution in [2.75, 3.05) is 0 Å². The molecule has 3 aromatic carbocycles. The minimum absolute atomic E-state index is 0.149. The molecule has 31 heavy (non-hydrogen) atoms. The number of imidazole rings is 1. The lowest BCUT2D eigenvalue weighted by Crippen LogP contribution is -2.01. The van der Waals surface area contributed by atoms with E-state index in [1.54, 1.807) is 24.3 Å². The van der Waals surface area contributed by atoms with Gasteiger partial charge in [0.1, 0.15) is 30.1 Å². The Labute approximate surface area is 206 Å². The van der Waals surface area contributed by atoms with Gasteiger partial charge in [0.2, 0.25) is 0 Å². The zero-order chi connectivity index (χ0) is 22.0. The van der Waals surface area contributed by atoms with E-state index in [4.69, 9.17) is 4.74 Å². The number of H-pyrrole nitrogens is 1. The highest BCUT2D eigenvalue weighted by Gasteiger charge is 2.12. The number of rotatable bonds is 5. The minimum atomic E-state index is -0.285. The van der Waals surface area contributed by atoms with Crippen molar-refractivity contribution < 1.29 is 9.13 Å². The fraction of sp³-hybridized carbons (Fsp3) is 0.0833. The standard InChI is InChI=1S/C24H16FI2N3O/c1-14-6-7-21-22(8-14)30-24(29-21)17(12-28)9-15-10-19(26)23(20(27)11-15)31-13-16-4-2-3-5-18(16)25/h2-11H,13H2,1H3,(H,29,30)/b17-9-. The van der Waals surface area contributed by atoms with Gasteiger partial charge in [0.05, 0.1) is 23.7 Å². The van der Waals surface area contributed by atoms with Gasteiger partial charge >= 0.3 is 0 Å². The molecule has 1 aromatic heterocycles. The molecule has 1 heterocycles. The van der Waals surface area contributed by atoms with Gasteiger partial charge in [-0.2, -0.15) is 5.26 Å². The van der Waals surface area contributed by atoms with Crippen LogP contribution in [0.25, 0.3) is 22.7 Å². The van der Waals surface area contributed by atoms with Crippen LogP contribution in [0.2, 0.25) is 0 Å². The Morgan fingerprint density at radius 1 is 1.16 bits per heavy atom. The van der Waals surface area contributed by atoms with Crippen LogP contribution in [0.3, 0.4) is 0 Å². The van der Waals surface area contributed by atoms with Crippen molar-refractivity contribution in [3.63, 3.8) is 0 Å². The molecule has 0 unspecified atom stereocenters. The maximum Gasteiger partial charge on any atom is 0.149 e. The summed E-state index contributed by atoms with van der Waals surface area (Å²) >= 11 is 4.38. The number of benzene rings is 3. The second-order valence-electron chi connectivity index (χ2n) is 6.97. The first kappa shape index (κ1) is 21.8. The number of halogens is 3. The van der Waals surface area contributed by atoms with Crippen molar-refractivity contribution in [1.29, 1.82) is 5.26 Å². The fourth-order valence-corrected chi connectivity index (χ4v) is 5.27. The van der Waals surface area contributed by atoms with Crippen molar-refractivity contribution in [1.82, 2.24) is 9.97 Å². The number of nitrogens with one attached hydrogen (secondary N) is 1. The van der Waals surface area contributed by atoms with Crippen LogP contribution in [0.1, 0.15) is 22.5 Å². The second-order valence-corrected chi connectivity index (χ2v) is 9.29. The van der Waals surface area contributed by atoms with Crippen LogP contribution in [0.4, 0.5) is 4.39 Å². The van der Waals surface area contributed by atoms with Crippen LogP contribution in [0.5, 0.6) is 5.75 Å². The molecule has 0 saturated carbocycles. The Bertz CT molecular complexity index is 1330. The smallest absolute Gasteiger partial charge is 0.149 e. The summed E-state index contributed by atoms with van der Waals surface area (Å²) in [5.41, 5.74) is 4.66. The Kier molecular flexibility index (Phi) is 6.57. The van der Waals surface area contributed by atoms with Gasteiger partial charge in [-0.15, -0.1) is 0 Å². The largest absolute Gasteiger partial charge is 0.487 e. The molecule has 154 valence electrons. The van der Waals surface area contributed by atoms with Crippen LogP contribution in [-0.4, -0.2) is 9.97 Å². The molecule has 7 heteroatoms. The SMILES string of the molecule is Cc1ccc2nc(/C(C#N)=C\c3cc(I)c(OCc4ccccc4F)c(I)c3)[nH]c2c1. The zero-order valence-corrected chi connectivity index (χ0v) is 20.7. The number of hydrogen-bond donors (Lipinski definition) is 1. The molecular formula is C24H16FI2N3O. The molecule has 4 nitrogen and oxygen atoms in total. The van der Waals surface area contributed by atoms with Gasteiger partial charge in [-0.1, -0.05) is 24.3 Å². The van der Waals surface area contributed by atoms with E-state index in [2.05, 4.69) is 61.2 Å². The van der Waals surface area contributed by atoms with Crippen molar-refractivity contribution in [3.8, 4) is 11.8 Å². The van der Waals surface area contributed by atoms with Crippen LogP contribution in [0, 0.1) is 31.2 Å². The summed E-state index contributed by atoms with van der Waals surface area (Å²) in [5.74, 6) is 0.944. The lowest BCUT2D eigenvalue weighted by atomic mass is 10.1. The molecule has 4 rings (SSSR count). The van der Waals surface area contributed by atoms with E-state index in [0.717, 1.165) is 29.3 Å². The number of hydrogen-bond acceptors (Lipinski definition) is 3. The van der Waals surface area contributed by atoms with Crippen molar-refractivity contribution in [3.05, 3.63) is 90.1 Å². The van der Waals surface area contributed by atoms with Crippen LogP contribution in [-0.2, 0) is 6.61 Å². The molecule has 0 aliphatic heterocycles. The maximum absolute atomic E-state index is 13.9. The number of allylic oxidation sites excluding steroid dienone is 1. The van der Waals surface area contributed by atoms with E-state index >= 15 is 0 Å². The number of aromatic amines is 1. The summed E-state index contributed by atoms with van der Waals surface area (Å²) in [4.78, 5) is 7.77. The zero-order valence-electron chi connectivity index (χ0n) is 16.4. The minimum Gasteiger partial charge on any atom is -0.487 e. The van der Waals surface area contributed by atoms with E-state index in [1.807, 2.05) is 37.3 Å². The Hall–Kier alpha value is -2.45. The number of ether oxygens (including phenoxy) is 1. The molecule has 0 aliphatic carbocycles. The van der Waals surface area contributed by atoms with Crippen LogP contribution < -0.4 is 4.74 Å². The molecule has 0 fully saturated rings. The van der Waals surface area contributed by atoms with Crippen LogP contribution in [0.15, 0.2) is 54.6 Å². The molecule has 0 amide bonds. The van der Waals surface area contributed by atoms with Gasteiger partial charge in [0, 0.05) is 5.56 Å². The monoisotopic (exact) mass is 635 g/mol. The molecular weight excluding hydrogens is 619 g/mol. The molecule has 0 spiro atoms. The average molecular weight is 635 g/mol. The number of aromatic nitrogens is 2. The average Bonchev–Trinajstić information content (AvgIpc) is 3.15. The quantitative estimate of drug-likeness (QED) is 0.193. The lowest BCUT2D eigenvalue weighted by Gasteiger charge is -2.12. The summed E-state index contributed by atoms with van der Waals surface area (Å²) in [6.07, 6.45) is 1.80. The van der Waals surface area contributed by atoms with Crippen LogP contribution >= 0.6 is 45.2 Å². The molecule has 0 radical (unpaired) electrons. The van der Waals surface area contributed by atoms with Crippen molar-refractivity contribution in [2.24, 2.45) is 0 Å². The van der Waals surface area contributed by atoms with E-state index in [-0.39, 0.29) is 12.4 Å². The number of aryl methyl sites for hydroxylation is 1. The lowest BCUT2D eigenvalue weighted by molar-refractivity contribution is 0.295. The van der Waals surface area contributed by atoms with Crippen molar-refractivity contribution >= 4 is 67.9 Å². The Balaban J connectivity index is 1.62. The summed E-state index contributed by atoms with van der Waals surface area (Å²) in [6, 6.07) is 18.6. The summed E-state index contributed by atoms with van der Waals surface area (Å²) in [5, 5.41) is 9.71.